The fraction of sp³-hybridized carbons (Fsp3) is 0.600. The van der Waals surface area contributed by atoms with E-state index in [1.807, 2.05) is 24.3 Å². The van der Waals surface area contributed by atoms with Gasteiger partial charge in [-0.2, -0.15) is 0 Å². The lowest BCUT2D eigenvalue weighted by Crippen LogP contribution is -2.44. The van der Waals surface area contributed by atoms with Gasteiger partial charge in [-0.25, -0.2) is 4.99 Å². The SMILES string of the molecule is CCNC(=NCc1cccc(OCC(=O)N(C)C)c1)NC1CCCCC1. The van der Waals surface area contributed by atoms with Gasteiger partial charge in [0.25, 0.3) is 5.91 Å². The van der Waals surface area contributed by atoms with Crippen molar-refractivity contribution in [3.05, 3.63) is 29.8 Å². The summed E-state index contributed by atoms with van der Waals surface area (Å²) in [5, 5.41) is 6.88. The number of nitrogens with one attached hydrogen (secondary N) is 2. The lowest BCUT2D eigenvalue weighted by molar-refractivity contribution is -0.130. The number of nitrogens with zero attached hydrogens (tertiary/aromatic N) is 2. The molecule has 1 aliphatic rings. The van der Waals surface area contributed by atoms with Crippen molar-refractivity contribution in [2.75, 3.05) is 27.2 Å². The van der Waals surface area contributed by atoms with Crippen molar-refractivity contribution >= 4 is 11.9 Å². The van der Waals surface area contributed by atoms with Crippen molar-refractivity contribution in [2.24, 2.45) is 4.99 Å². The molecule has 1 aromatic carbocycles. The van der Waals surface area contributed by atoms with Crippen LogP contribution < -0.4 is 15.4 Å². The lowest BCUT2D eigenvalue weighted by Gasteiger charge is -2.24. The van der Waals surface area contributed by atoms with Crippen LogP contribution in [-0.4, -0.2) is 50.1 Å². The molecule has 0 aromatic heterocycles. The van der Waals surface area contributed by atoms with Gasteiger partial charge in [0.1, 0.15) is 5.75 Å². The molecule has 0 unspecified atom stereocenters. The summed E-state index contributed by atoms with van der Waals surface area (Å²) >= 11 is 0. The highest BCUT2D eigenvalue weighted by Crippen LogP contribution is 2.17. The summed E-state index contributed by atoms with van der Waals surface area (Å²) in [6.45, 7) is 3.54. The van der Waals surface area contributed by atoms with E-state index in [2.05, 4.69) is 17.6 Å². The second kappa shape index (κ2) is 10.7. The second-order valence-corrected chi connectivity index (χ2v) is 6.90. The Morgan fingerprint density at radius 1 is 1.27 bits per heavy atom. The van der Waals surface area contributed by atoms with Gasteiger partial charge in [0.15, 0.2) is 12.6 Å². The largest absolute Gasteiger partial charge is 0.484 e. The first-order chi connectivity index (χ1) is 12.6. The Kier molecular flexibility index (Phi) is 8.25. The van der Waals surface area contributed by atoms with Crippen molar-refractivity contribution in [2.45, 2.75) is 51.6 Å². The highest BCUT2D eigenvalue weighted by Gasteiger charge is 2.14. The van der Waals surface area contributed by atoms with Gasteiger partial charge < -0.3 is 20.3 Å². The van der Waals surface area contributed by atoms with Crippen LogP contribution in [0.25, 0.3) is 0 Å². The average molecular weight is 361 g/mol. The van der Waals surface area contributed by atoms with Gasteiger partial charge in [0.05, 0.1) is 6.54 Å². The number of rotatable bonds is 7. The first-order valence-corrected chi connectivity index (χ1v) is 9.55. The van der Waals surface area contributed by atoms with Crippen molar-refractivity contribution in [3.8, 4) is 5.75 Å². The van der Waals surface area contributed by atoms with Gasteiger partial charge in [0.2, 0.25) is 0 Å². The van der Waals surface area contributed by atoms with Gasteiger partial charge in [-0.15, -0.1) is 0 Å². The number of carbonyl (C=O) groups is 1. The van der Waals surface area contributed by atoms with Crippen LogP contribution in [0.15, 0.2) is 29.3 Å². The predicted octanol–water partition coefficient (Wildman–Crippen LogP) is 2.54. The van der Waals surface area contributed by atoms with Crippen LogP contribution in [0.2, 0.25) is 0 Å². The topological polar surface area (TPSA) is 66.0 Å². The average Bonchev–Trinajstić information content (AvgIpc) is 2.65. The third-order valence-electron chi connectivity index (χ3n) is 4.47. The number of carbonyl (C=O) groups excluding carboxylic acids is 1. The molecule has 0 atom stereocenters. The Morgan fingerprint density at radius 2 is 2.04 bits per heavy atom. The van der Waals surface area contributed by atoms with Gasteiger partial charge >= 0.3 is 0 Å². The Hall–Kier alpha value is -2.24. The summed E-state index contributed by atoms with van der Waals surface area (Å²) in [6, 6.07) is 8.28. The molecule has 0 bridgehead atoms. The third-order valence-corrected chi connectivity index (χ3v) is 4.47. The molecule has 1 amide bonds. The molecule has 0 spiro atoms. The third kappa shape index (κ3) is 6.94. The lowest BCUT2D eigenvalue weighted by atomic mass is 9.96. The van der Waals surface area contributed by atoms with E-state index in [0.29, 0.717) is 18.3 Å². The Morgan fingerprint density at radius 3 is 2.73 bits per heavy atom. The van der Waals surface area contributed by atoms with Gasteiger partial charge in [-0.1, -0.05) is 31.4 Å². The Balaban J connectivity index is 1.92. The smallest absolute Gasteiger partial charge is 0.259 e. The highest BCUT2D eigenvalue weighted by atomic mass is 16.5. The first-order valence-electron chi connectivity index (χ1n) is 9.55. The summed E-state index contributed by atoms with van der Waals surface area (Å²) < 4.78 is 5.57. The number of ether oxygens (including phenoxy) is 1. The summed E-state index contributed by atoms with van der Waals surface area (Å²) in [5.74, 6) is 1.51. The van der Waals surface area contributed by atoms with Crippen LogP contribution in [0.3, 0.4) is 0 Å². The molecule has 0 saturated heterocycles. The number of likely N-dealkylation sites (N-methyl/N-ethyl adjacent to an activating group) is 1. The number of guanidine groups is 1. The van der Waals surface area contributed by atoms with Crippen LogP contribution in [0.5, 0.6) is 5.75 Å². The van der Waals surface area contributed by atoms with Crippen molar-refractivity contribution in [1.82, 2.24) is 15.5 Å². The molecule has 144 valence electrons. The van der Waals surface area contributed by atoms with Crippen molar-refractivity contribution in [3.63, 3.8) is 0 Å². The first kappa shape index (κ1) is 20.1. The molecular formula is C20H32N4O2. The zero-order chi connectivity index (χ0) is 18.8. The molecule has 0 radical (unpaired) electrons. The maximum Gasteiger partial charge on any atom is 0.259 e. The van der Waals surface area contributed by atoms with E-state index in [9.17, 15) is 4.79 Å². The van der Waals surface area contributed by atoms with E-state index in [1.54, 1.807) is 14.1 Å². The standard InChI is InChI=1S/C20H32N4O2/c1-4-21-20(23-17-10-6-5-7-11-17)22-14-16-9-8-12-18(13-16)26-15-19(25)24(2)3/h8-9,12-13,17H,4-7,10-11,14-15H2,1-3H3,(H2,21,22,23). The van der Waals surface area contributed by atoms with Crippen LogP contribution in [0, 0.1) is 0 Å². The van der Waals surface area contributed by atoms with Gasteiger partial charge in [-0.05, 0) is 37.5 Å². The monoisotopic (exact) mass is 360 g/mol. The summed E-state index contributed by atoms with van der Waals surface area (Å²) in [5.41, 5.74) is 1.06. The molecule has 6 heteroatoms. The molecule has 1 fully saturated rings. The van der Waals surface area contributed by atoms with Crippen LogP contribution in [-0.2, 0) is 11.3 Å². The second-order valence-electron chi connectivity index (χ2n) is 6.90. The quantitative estimate of drug-likeness (QED) is 0.579. The summed E-state index contributed by atoms with van der Waals surface area (Å²) in [6.07, 6.45) is 6.36. The molecule has 1 aliphatic carbocycles. The molecule has 2 N–H and O–H groups in total. The predicted molar refractivity (Wildman–Crippen MR) is 105 cm³/mol. The molecule has 1 aromatic rings. The van der Waals surface area contributed by atoms with Crippen LogP contribution in [0.1, 0.15) is 44.6 Å². The number of benzene rings is 1. The van der Waals surface area contributed by atoms with Crippen LogP contribution in [0.4, 0.5) is 0 Å². The summed E-state index contributed by atoms with van der Waals surface area (Å²) in [4.78, 5) is 17.9. The minimum absolute atomic E-state index is 0.0472. The highest BCUT2D eigenvalue weighted by molar-refractivity contribution is 5.80. The van der Waals surface area contributed by atoms with E-state index >= 15 is 0 Å². The zero-order valence-electron chi connectivity index (χ0n) is 16.3. The molecule has 6 nitrogen and oxygen atoms in total. The Bertz CT molecular complexity index is 595. The normalized spacial score (nSPS) is 15.4. The Labute approximate surface area is 157 Å². The zero-order valence-corrected chi connectivity index (χ0v) is 16.3. The fourth-order valence-electron chi connectivity index (χ4n) is 2.94. The van der Waals surface area contributed by atoms with Crippen molar-refractivity contribution in [1.29, 1.82) is 0 Å². The summed E-state index contributed by atoms with van der Waals surface area (Å²) in [7, 11) is 3.44. The van der Waals surface area contributed by atoms with Gasteiger partial charge in [0, 0.05) is 26.7 Å². The minimum Gasteiger partial charge on any atom is -0.484 e. The van der Waals surface area contributed by atoms with E-state index in [-0.39, 0.29) is 12.5 Å². The molecule has 1 saturated carbocycles. The molecule has 0 heterocycles. The van der Waals surface area contributed by atoms with Crippen molar-refractivity contribution < 1.29 is 9.53 Å². The maximum atomic E-state index is 11.6. The maximum absolute atomic E-state index is 11.6. The number of hydrogen-bond acceptors (Lipinski definition) is 3. The molecular weight excluding hydrogens is 328 g/mol. The minimum atomic E-state index is -0.0560. The number of aliphatic imine (C=N–C) groups is 1. The molecule has 2 rings (SSSR count). The fourth-order valence-corrected chi connectivity index (χ4v) is 2.94. The van der Waals surface area contributed by atoms with Crippen LogP contribution >= 0.6 is 0 Å². The number of hydrogen-bond donors (Lipinski definition) is 2. The van der Waals surface area contributed by atoms with E-state index < -0.39 is 0 Å². The van der Waals surface area contributed by atoms with E-state index in [4.69, 9.17) is 9.73 Å². The van der Waals surface area contributed by atoms with E-state index in [1.165, 1.54) is 37.0 Å². The molecule has 26 heavy (non-hydrogen) atoms. The van der Waals surface area contributed by atoms with E-state index in [0.717, 1.165) is 18.1 Å². The van der Waals surface area contributed by atoms with Gasteiger partial charge in [-0.3, -0.25) is 4.79 Å². The number of amides is 1. The molecule has 0 aliphatic heterocycles.